The van der Waals surface area contributed by atoms with Crippen molar-refractivity contribution >= 4 is 44.4 Å². The Bertz CT molecular complexity index is 1300. The van der Waals surface area contributed by atoms with Crippen molar-refractivity contribution in [2.75, 3.05) is 24.2 Å². The van der Waals surface area contributed by atoms with Gasteiger partial charge in [-0.1, -0.05) is 18.2 Å². The standard InChI is InChI=1S/C23H25N5O3S2/c1-2-28-21-11-10-19(33(30,31)27-12-4-3-5-13-27)14-20(21)26-23(28)32-16-22(29)25-18-8-6-17(15-24)7-9-18/h6-11,14H,2-5,12-13,16H2,1H3,(H,25,29). The highest BCUT2D eigenvalue weighted by atomic mass is 32.2. The third kappa shape index (κ3) is 5.05. The maximum absolute atomic E-state index is 13.0. The molecule has 3 aromatic rings. The lowest BCUT2D eigenvalue weighted by atomic mass is 10.2. The van der Waals surface area contributed by atoms with E-state index in [1.807, 2.05) is 17.6 Å². The van der Waals surface area contributed by atoms with Crippen LogP contribution in [0.15, 0.2) is 52.5 Å². The van der Waals surface area contributed by atoms with Gasteiger partial charge in [0, 0.05) is 25.3 Å². The number of aromatic nitrogens is 2. The van der Waals surface area contributed by atoms with Crippen LogP contribution in [0.5, 0.6) is 0 Å². The first-order valence-corrected chi connectivity index (χ1v) is 13.3. The Labute approximate surface area is 197 Å². The number of thioether (sulfide) groups is 1. The summed E-state index contributed by atoms with van der Waals surface area (Å²) in [5.74, 6) is -0.0322. The van der Waals surface area contributed by atoms with Crippen molar-refractivity contribution in [1.29, 1.82) is 5.26 Å². The van der Waals surface area contributed by atoms with Crippen LogP contribution in [0, 0.1) is 11.3 Å². The van der Waals surface area contributed by atoms with Crippen molar-refractivity contribution in [3.63, 3.8) is 0 Å². The highest BCUT2D eigenvalue weighted by Crippen LogP contribution is 2.28. The Morgan fingerprint density at radius 2 is 1.88 bits per heavy atom. The van der Waals surface area contributed by atoms with Crippen LogP contribution in [0.2, 0.25) is 0 Å². The fourth-order valence-corrected chi connectivity index (χ4v) is 6.29. The van der Waals surface area contributed by atoms with E-state index >= 15 is 0 Å². The van der Waals surface area contributed by atoms with E-state index in [0.29, 0.717) is 41.6 Å². The summed E-state index contributed by atoms with van der Waals surface area (Å²) < 4.78 is 29.6. The normalized spacial score (nSPS) is 14.8. The van der Waals surface area contributed by atoms with Gasteiger partial charge in [0.2, 0.25) is 15.9 Å². The zero-order valence-electron chi connectivity index (χ0n) is 18.3. The lowest BCUT2D eigenvalue weighted by Crippen LogP contribution is -2.35. The van der Waals surface area contributed by atoms with Gasteiger partial charge >= 0.3 is 0 Å². The van der Waals surface area contributed by atoms with E-state index in [0.717, 1.165) is 24.8 Å². The molecule has 1 aliphatic heterocycles. The maximum Gasteiger partial charge on any atom is 0.243 e. The number of fused-ring (bicyclic) bond motifs is 1. The molecule has 0 aliphatic carbocycles. The van der Waals surface area contributed by atoms with Gasteiger partial charge < -0.3 is 9.88 Å². The second kappa shape index (κ2) is 9.95. The van der Waals surface area contributed by atoms with Crippen molar-refractivity contribution in [3.8, 4) is 6.07 Å². The van der Waals surface area contributed by atoms with E-state index in [4.69, 9.17) is 5.26 Å². The van der Waals surface area contributed by atoms with Gasteiger partial charge in [0.15, 0.2) is 5.16 Å². The number of sulfonamides is 1. The summed E-state index contributed by atoms with van der Waals surface area (Å²) >= 11 is 1.30. The van der Waals surface area contributed by atoms with Gasteiger partial charge in [-0.15, -0.1) is 0 Å². The van der Waals surface area contributed by atoms with Crippen molar-refractivity contribution < 1.29 is 13.2 Å². The van der Waals surface area contributed by atoms with E-state index in [-0.39, 0.29) is 16.6 Å². The fourth-order valence-electron chi connectivity index (χ4n) is 3.87. The topological polar surface area (TPSA) is 108 Å². The molecule has 1 amide bonds. The lowest BCUT2D eigenvalue weighted by Gasteiger charge is -2.25. The molecule has 0 saturated carbocycles. The van der Waals surface area contributed by atoms with Crippen LogP contribution >= 0.6 is 11.8 Å². The summed E-state index contributed by atoms with van der Waals surface area (Å²) in [5, 5.41) is 12.3. The Morgan fingerprint density at radius 3 is 2.55 bits per heavy atom. The molecule has 2 aromatic carbocycles. The number of benzene rings is 2. The number of hydrogen-bond acceptors (Lipinski definition) is 6. The molecule has 1 aliphatic rings. The van der Waals surface area contributed by atoms with E-state index < -0.39 is 10.0 Å². The molecule has 4 rings (SSSR count). The quantitative estimate of drug-likeness (QED) is 0.512. The number of carbonyl (C=O) groups is 1. The van der Waals surface area contributed by atoms with Crippen molar-refractivity contribution in [3.05, 3.63) is 48.0 Å². The highest BCUT2D eigenvalue weighted by Gasteiger charge is 2.26. The third-order valence-corrected chi connectivity index (χ3v) is 8.45. The SMILES string of the molecule is CCn1c(SCC(=O)Nc2ccc(C#N)cc2)nc2cc(S(=O)(=O)N3CCCCC3)ccc21. The minimum atomic E-state index is -3.54. The highest BCUT2D eigenvalue weighted by molar-refractivity contribution is 7.99. The molecule has 10 heteroatoms. The molecule has 0 spiro atoms. The minimum absolute atomic E-state index is 0.155. The number of rotatable bonds is 7. The van der Waals surface area contributed by atoms with Crippen LogP contribution in [-0.2, 0) is 21.4 Å². The molecule has 1 fully saturated rings. The number of amides is 1. The second-order valence-corrected chi connectivity index (χ2v) is 10.7. The van der Waals surface area contributed by atoms with Gasteiger partial charge in [0.25, 0.3) is 0 Å². The summed E-state index contributed by atoms with van der Waals surface area (Å²) in [6.07, 6.45) is 2.83. The smallest absolute Gasteiger partial charge is 0.243 e. The van der Waals surface area contributed by atoms with Crippen LogP contribution < -0.4 is 5.32 Å². The maximum atomic E-state index is 13.0. The van der Waals surface area contributed by atoms with Gasteiger partial charge in [0.05, 0.1) is 33.3 Å². The molecule has 0 atom stereocenters. The molecule has 0 bridgehead atoms. The average Bonchev–Trinajstić information content (AvgIpc) is 3.20. The molecular weight excluding hydrogens is 458 g/mol. The number of imidazole rings is 1. The van der Waals surface area contributed by atoms with Crippen LogP contribution in [0.25, 0.3) is 11.0 Å². The Morgan fingerprint density at radius 1 is 1.15 bits per heavy atom. The molecule has 33 heavy (non-hydrogen) atoms. The van der Waals surface area contributed by atoms with Crippen LogP contribution in [0.4, 0.5) is 5.69 Å². The molecule has 1 N–H and O–H groups in total. The Hall–Kier alpha value is -2.87. The van der Waals surface area contributed by atoms with Crippen LogP contribution in [0.3, 0.4) is 0 Å². The first-order valence-electron chi connectivity index (χ1n) is 10.9. The number of nitrogens with zero attached hydrogens (tertiary/aromatic N) is 4. The zero-order valence-corrected chi connectivity index (χ0v) is 20.0. The number of carbonyl (C=O) groups excluding carboxylic acids is 1. The van der Waals surface area contributed by atoms with Gasteiger partial charge in [-0.25, -0.2) is 13.4 Å². The number of nitrogens with one attached hydrogen (secondary N) is 1. The van der Waals surface area contributed by atoms with Gasteiger partial charge in [-0.3, -0.25) is 4.79 Å². The Balaban J connectivity index is 1.50. The molecule has 1 saturated heterocycles. The molecular formula is C23H25N5O3S2. The number of aryl methyl sites for hydroxylation is 1. The third-order valence-electron chi connectivity index (χ3n) is 5.58. The first-order chi connectivity index (χ1) is 15.9. The summed E-state index contributed by atoms with van der Waals surface area (Å²) in [6, 6.07) is 13.8. The molecule has 0 radical (unpaired) electrons. The number of hydrogen-bond donors (Lipinski definition) is 1. The van der Waals surface area contributed by atoms with E-state index in [2.05, 4.69) is 10.3 Å². The summed E-state index contributed by atoms with van der Waals surface area (Å²) in [7, 11) is -3.54. The number of piperidine rings is 1. The van der Waals surface area contributed by atoms with Crippen molar-refractivity contribution in [2.24, 2.45) is 0 Å². The van der Waals surface area contributed by atoms with Crippen molar-refractivity contribution in [1.82, 2.24) is 13.9 Å². The molecule has 2 heterocycles. The van der Waals surface area contributed by atoms with Gasteiger partial charge in [-0.2, -0.15) is 9.57 Å². The number of nitriles is 1. The fraction of sp³-hybridized carbons (Fsp3) is 0.348. The van der Waals surface area contributed by atoms with E-state index in [9.17, 15) is 13.2 Å². The average molecular weight is 484 g/mol. The van der Waals surface area contributed by atoms with Crippen molar-refractivity contribution in [2.45, 2.75) is 42.8 Å². The lowest BCUT2D eigenvalue weighted by molar-refractivity contribution is -0.113. The van der Waals surface area contributed by atoms with Gasteiger partial charge in [0.1, 0.15) is 0 Å². The monoisotopic (exact) mass is 483 g/mol. The molecule has 1 aromatic heterocycles. The molecule has 8 nitrogen and oxygen atoms in total. The second-order valence-electron chi connectivity index (χ2n) is 7.78. The minimum Gasteiger partial charge on any atom is -0.325 e. The molecule has 0 unspecified atom stereocenters. The summed E-state index contributed by atoms with van der Waals surface area (Å²) in [6.45, 7) is 3.74. The van der Waals surface area contributed by atoms with Gasteiger partial charge in [-0.05, 0) is 62.2 Å². The number of anilines is 1. The largest absolute Gasteiger partial charge is 0.325 e. The predicted octanol–water partition coefficient (Wildman–Crippen LogP) is 3.83. The van der Waals surface area contributed by atoms with E-state index in [1.54, 1.807) is 46.8 Å². The predicted molar refractivity (Wildman–Crippen MR) is 129 cm³/mol. The molecule has 172 valence electrons. The Kier molecular flexibility index (Phi) is 7.02. The summed E-state index contributed by atoms with van der Waals surface area (Å²) in [4.78, 5) is 17.3. The van der Waals surface area contributed by atoms with E-state index in [1.165, 1.54) is 11.8 Å². The van der Waals surface area contributed by atoms with Crippen LogP contribution in [-0.4, -0.2) is 47.0 Å². The van der Waals surface area contributed by atoms with Crippen LogP contribution in [0.1, 0.15) is 31.7 Å². The first kappa shape index (κ1) is 23.3. The summed E-state index contributed by atoms with van der Waals surface area (Å²) in [5.41, 5.74) is 2.59. The zero-order chi connectivity index (χ0) is 23.4.